The summed E-state index contributed by atoms with van der Waals surface area (Å²) in [5.41, 5.74) is 0.769. The number of hydrogen-bond acceptors (Lipinski definition) is 7. The van der Waals surface area contributed by atoms with E-state index in [1.54, 1.807) is 18.6 Å². The Balaban J connectivity index is 1.70. The van der Waals surface area contributed by atoms with Gasteiger partial charge in [-0.2, -0.15) is 4.98 Å². The summed E-state index contributed by atoms with van der Waals surface area (Å²) >= 11 is 0. The van der Waals surface area contributed by atoms with E-state index >= 15 is 0 Å². The molecule has 0 bridgehead atoms. The highest BCUT2D eigenvalue weighted by molar-refractivity contribution is 5.75. The summed E-state index contributed by atoms with van der Waals surface area (Å²) in [6, 6.07) is 1.55. The van der Waals surface area contributed by atoms with E-state index in [0.717, 1.165) is 24.9 Å². The third kappa shape index (κ3) is 2.44. The topological polar surface area (TPSA) is 81.6 Å². The van der Waals surface area contributed by atoms with Crippen LogP contribution in [0.5, 0.6) is 0 Å². The SMILES string of the molecule is COC(=O)C1CCCN1Cc1nc(-c2ccoc2)no1. The van der Waals surface area contributed by atoms with Gasteiger partial charge < -0.3 is 13.7 Å². The first-order valence-corrected chi connectivity index (χ1v) is 6.45. The highest BCUT2D eigenvalue weighted by Gasteiger charge is 2.32. The van der Waals surface area contributed by atoms with Gasteiger partial charge in [0.1, 0.15) is 12.3 Å². The van der Waals surface area contributed by atoms with E-state index in [-0.39, 0.29) is 12.0 Å². The Morgan fingerprint density at radius 1 is 1.60 bits per heavy atom. The highest BCUT2D eigenvalue weighted by atomic mass is 16.5. The molecule has 2 aromatic rings. The number of carbonyl (C=O) groups excluding carboxylic acids is 1. The third-order valence-corrected chi connectivity index (χ3v) is 3.42. The van der Waals surface area contributed by atoms with Crippen LogP contribution in [0.1, 0.15) is 18.7 Å². The lowest BCUT2D eigenvalue weighted by Gasteiger charge is -2.19. The quantitative estimate of drug-likeness (QED) is 0.782. The van der Waals surface area contributed by atoms with Crippen LogP contribution in [0.15, 0.2) is 27.5 Å². The van der Waals surface area contributed by atoms with Crippen LogP contribution in [0.4, 0.5) is 0 Å². The van der Waals surface area contributed by atoms with E-state index in [1.807, 2.05) is 4.90 Å². The number of esters is 1. The summed E-state index contributed by atoms with van der Waals surface area (Å²) in [6.45, 7) is 1.27. The van der Waals surface area contributed by atoms with Gasteiger partial charge in [0, 0.05) is 0 Å². The van der Waals surface area contributed by atoms with Crippen molar-refractivity contribution >= 4 is 5.97 Å². The molecular formula is C13H15N3O4. The number of likely N-dealkylation sites (tertiary alicyclic amines) is 1. The molecule has 1 aliphatic rings. The molecule has 0 aliphatic carbocycles. The van der Waals surface area contributed by atoms with E-state index in [4.69, 9.17) is 13.7 Å². The van der Waals surface area contributed by atoms with Crippen molar-refractivity contribution in [2.24, 2.45) is 0 Å². The van der Waals surface area contributed by atoms with Crippen molar-refractivity contribution in [1.29, 1.82) is 0 Å². The van der Waals surface area contributed by atoms with Crippen LogP contribution in [-0.2, 0) is 16.1 Å². The standard InChI is InChI=1S/C13H15N3O4/c1-18-13(17)10-3-2-5-16(10)7-11-14-12(15-20-11)9-4-6-19-8-9/h4,6,8,10H,2-3,5,7H2,1H3. The smallest absolute Gasteiger partial charge is 0.323 e. The molecule has 0 N–H and O–H groups in total. The van der Waals surface area contributed by atoms with E-state index < -0.39 is 0 Å². The van der Waals surface area contributed by atoms with Gasteiger partial charge in [0.25, 0.3) is 0 Å². The molecule has 0 amide bonds. The van der Waals surface area contributed by atoms with E-state index in [0.29, 0.717) is 18.3 Å². The Labute approximate surface area is 115 Å². The minimum Gasteiger partial charge on any atom is -0.472 e. The van der Waals surface area contributed by atoms with Gasteiger partial charge in [-0.25, -0.2) is 0 Å². The van der Waals surface area contributed by atoms with Gasteiger partial charge >= 0.3 is 5.97 Å². The van der Waals surface area contributed by atoms with Crippen LogP contribution in [0.3, 0.4) is 0 Å². The predicted octanol–water partition coefficient (Wildman–Crippen LogP) is 1.47. The fraction of sp³-hybridized carbons (Fsp3) is 0.462. The number of hydrogen-bond donors (Lipinski definition) is 0. The Bertz CT molecular complexity index is 578. The summed E-state index contributed by atoms with van der Waals surface area (Å²) in [5.74, 6) is 0.761. The molecule has 106 valence electrons. The van der Waals surface area contributed by atoms with Crippen molar-refractivity contribution in [2.75, 3.05) is 13.7 Å². The Morgan fingerprint density at radius 2 is 2.50 bits per heavy atom. The molecule has 7 nitrogen and oxygen atoms in total. The van der Waals surface area contributed by atoms with Crippen molar-refractivity contribution in [3.05, 3.63) is 24.5 Å². The van der Waals surface area contributed by atoms with Crippen LogP contribution >= 0.6 is 0 Å². The average molecular weight is 277 g/mol. The second kappa shape index (κ2) is 5.46. The zero-order chi connectivity index (χ0) is 13.9. The summed E-state index contributed by atoms with van der Waals surface area (Å²) < 4.78 is 15.0. The maximum Gasteiger partial charge on any atom is 0.323 e. The molecule has 0 aromatic carbocycles. The molecule has 1 saturated heterocycles. The molecule has 1 atom stereocenters. The molecule has 0 spiro atoms. The Morgan fingerprint density at radius 3 is 3.25 bits per heavy atom. The maximum absolute atomic E-state index is 11.7. The minimum absolute atomic E-state index is 0.211. The molecule has 0 radical (unpaired) electrons. The van der Waals surface area contributed by atoms with Crippen molar-refractivity contribution in [3.63, 3.8) is 0 Å². The second-order valence-corrected chi connectivity index (χ2v) is 4.68. The molecule has 2 aromatic heterocycles. The second-order valence-electron chi connectivity index (χ2n) is 4.68. The number of carbonyl (C=O) groups is 1. The molecule has 7 heteroatoms. The molecule has 3 heterocycles. The number of aromatic nitrogens is 2. The first-order chi connectivity index (χ1) is 9.78. The molecule has 1 aliphatic heterocycles. The maximum atomic E-state index is 11.7. The van der Waals surface area contributed by atoms with Crippen LogP contribution in [0, 0.1) is 0 Å². The first-order valence-electron chi connectivity index (χ1n) is 6.45. The minimum atomic E-state index is -0.218. The van der Waals surface area contributed by atoms with E-state index in [2.05, 4.69) is 10.1 Å². The van der Waals surface area contributed by atoms with E-state index in [9.17, 15) is 4.79 Å². The number of ether oxygens (including phenoxy) is 1. The van der Waals surface area contributed by atoms with E-state index in [1.165, 1.54) is 7.11 Å². The number of furan rings is 1. The Kier molecular flexibility index (Phi) is 3.51. The number of nitrogens with zero attached hydrogens (tertiary/aromatic N) is 3. The van der Waals surface area contributed by atoms with Crippen LogP contribution in [0.2, 0.25) is 0 Å². The number of methoxy groups -OCH3 is 1. The number of rotatable bonds is 4. The van der Waals surface area contributed by atoms with Gasteiger partial charge in [-0.15, -0.1) is 0 Å². The predicted molar refractivity (Wildman–Crippen MR) is 67.4 cm³/mol. The van der Waals surface area contributed by atoms with Crippen molar-refractivity contribution in [1.82, 2.24) is 15.0 Å². The summed E-state index contributed by atoms with van der Waals surface area (Å²) in [6.07, 6.45) is 4.87. The molecular weight excluding hydrogens is 262 g/mol. The lowest BCUT2D eigenvalue weighted by Crippen LogP contribution is -2.36. The molecule has 20 heavy (non-hydrogen) atoms. The zero-order valence-electron chi connectivity index (χ0n) is 11.1. The van der Waals surface area contributed by atoms with Crippen molar-refractivity contribution in [3.8, 4) is 11.4 Å². The monoisotopic (exact) mass is 277 g/mol. The largest absolute Gasteiger partial charge is 0.472 e. The molecule has 1 unspecified atom stereocenters. The van der Waals surface area contributed by atoms with Gasteiger partial charge in [-0.1, -0.05) is 5.16 Å². The van der Waals surface area contributed by atoms with Crippen LogP contribution in [0.25, 0.3) is 11.4 Å². The van der Waals surface area contributed by atoms with Gasteiger partial charge in [0.05, 0.1) is 25.5 Å². The van der Waals surface area contributed by atoms with Gasteiger partial charge in [-0.05, 0) is 25.5 Å². The summed E-state index contributed by atoms with van der Waals surface area (Å²) in [4.78, 5) is 18.0. The van der Waals surface area contributed by atoms with Gasteiger partial charge in [0.15, 0.2) is 0 Å². The average Bonchev–Trinajstić information content (AvgIpc) is 3.19. The third-order valence-electron chi connectivity index (χ3n) is 3.42. The van der Waals surface area contributed by atoms with Crippen LogP contribution < -0.4 is 0 Å². The summed E-state index contributed by atoms with van der Waals surface area (Å²) in [5, 5.41) is 3.90. The normalized spacial score (nSPS) is 19.4. The van der Waals surface area contributed by atoms with Crippen LogP contribution in [-0.4, -0.2) is 40.7 Å². The molecule has 0 saturated carbocycles. The van der Waals surface area contributed by atoms with Gasteiger partial charge in [-0.3, -0.25) is 9.69 Å². The van der Waals surface area contributed by atoms with Crippen molar-refractivity contribution in [2.45, 2.75) is 25.4 Å². The zero-order valence-corrected chi connectivity index (χ0v) is 11.1. The fourth-order valence-electron chi connectivity index (χ4n) is 2.42. The lowest BCUT2D eigenvalue weighted by atomic mass is 10.2. The summed E-state index contributed by atoms with van der Waals surface area (Å²) in [7, 11) is 1.41. The lowest BCUT2D eigenvalue weighted by molar-refractivity contribution is -0.146. The van der Waals surface area contributed by atoms with Gasteiger partial charge in [0.2, 0.25) is 11.7 Å². The highest BCUT2D eigenvalue weighted by Crippen LogP contribution is 2.22. The molecule has 3 rings (SSSR count). The molecule has 1 fully saturated rings. The Hall–Kier alpha value is -2.15. The first kappa shape index (κ1) is 12.9. The fourth-order valence-corrected chi connectivity index (χ4v) is 2.42. The van der Waals surface area contributed by atoms with Crippen molar-refractivity contribution < 1.29 is 18.5 Å².